The molecule has 0 atom stereocenters. The lowest BCUT2D eigenvalue weighted by Gasteiger charge is -2.32. The molecule has 0 unspecified atom stereocenters. The van der Waals surface area contributed by atoms with Gasteiger partial charge in [-0.05, 0) is 12.1 Å². The van der Waals surface area contributed by atoms with Gasteiger partial charge in [-0.25, -0.2) is 9.78 Å². The second kappa shape index (κ2) is 7.74. The Morgan fingerprint density at radius 3 is 2.48 bits per heavy atom. The number of amides is 1. The monoisotopic (exact) mass is 341 g/mol. The number of benzene rings is 1. The quantitative estimate of drug-likeness (QED) is 0.791. The van der Waals surface area contributed by atoms with Gasteiger partial charge < -0.3 is 14.4 Å². The van der Waals surface area contributed by atoms with Crippen LogP contribution in [0.3, 0.4) is 0 Å². The largest absolute Gasteiger partial charge is 0.473 e. The Morgan fingerprint density at radius 1 is 1.12 bits per heavy atom. The van der Waals surface area contributed by atoms with Gasteiger partial charge in [-0.15, -0.1) is 0 Å². The summed E-state index contributed by atoms with van der Waals surface area (Å²) in [4.78, 5) is 34.4. The Hall–Kier alpha value is -2.96. The number of hydrogen-bond acceptors (Lipinski definition) is 6. The number of nitrogens with zero attached hydrogens (tertiary/aromatic N) is 3. The van der Waals surface area contributed by atoms with E-state index in [2.05, 4.69) is 9.97 Å². The van der Waals surface area contributed by atoms with Crippen molar-refractivity contribution < 1.29 is 19.1 Å². The highest BCUT2D eigenvalue weighted by molar-refractivity contribution is 6.05. The number of methoxy groups -OCH3 is 1. The average Bonchev–Trinajstić information content (AvgIpc) is 2.68. The summed E-state index contributed by atoms with van der Waals surface area (Å²) in [5.41, 5.74) is 0.649. The molecule has 7 nitrogen and oxygen atoms in total. The van der Waals surface area contributed by atoms with Gasteiger partial charge in [0.2, 0.25) is 5.88 Å². The molecular weight excluding hydrogens is 322 g/mol. The molecule has 1 amide bonds. The van der Waals surface area contributed by atoms with E-state index < -0.39 is 5.97 Å². The molecule has 2 heterocycles. The lowest BCUT2D eigenvalue weighted by molar-refractivity contribution is 0.0552. The molecule has 1 saturated heterocycles. The minimum Gasteiger partial charge on any atom is -0.473 e. The maximum atomic E-state index is 12.8. The van der Waals surface area contributed by atoms with Gasteiger partial charge in [0.15, 0.2) is 0 Å². The van der Waals surface area contributed by atoms with Crippen LogP contribution in [-0.2, 0) is 4.74 Å². The molecule has 2 aromatic rings. The van der Waals surface area contributed by atoms with Crippen LogP contribution in [0.25, 0.3) is 0 Å². The fourth-order valence-electron chi connectivity index (χ4n) is 2.82. The zero-order chi connectivity index (χ0) is 17.6. The molecule has 0 aliphatic carbocycles. The number of aromatic nitrogens is 2. The third kappa shape index (κ3) is 3.93. The lowest BCUT2D eigenvalue weighted by Crippen LogP contribution is -2.42. The van der Waals surface area contributed by atoms with Crippen LogP contribution in [0.15, 0.2) is 42.9 Å². The van der Waals surface area contributed by atoms with Crippen molar-refractivity contribution in [2.75, 3.05) is 20.2 Å². The summed E-state index contributed by atoms with van der Waals surface area (Å²) in [6, 6.07) is 6.70. The van der Waals surface area contributed by atoms with Gasteiger partial charge in [0.25, 0.3) is 5.91 Å². The van der Waals surface area contributed by atoms with Crippen LogP contribution in [0.5, 0.6) is 5.88 Å². The van der Waals surface area contributed by atoms with E-state index in [1.807, 2.05) is 0 Å². The van der Waals surface area contributed by atoms with Crippen molar-refractivity contribution in [2.45, 2.75) is 18.9 Å². The van der Waals surface area contributed by atoms with Gasteiger partial charge in [0.05, 0.1) is 24.4 Å². The van der Waals surface area contributed by atoms with E-state index in [0.717, 1.165) is 0 Å². The van der Waals surface area contributed by atoms with Crippen molar-refractivity contribution in [3.8, 4) is 5.88 Å². The van der Waals surface area contributed by atoms with Crippen molar-refractivity contribution >= 4 is 11.9 Å². The van der Waals surface area contributed by atoms with Crippen LogP contribution in [0, 0.1) is 0 Å². The zero-order valence-corrected chi connectivity index (χ0v) is 13.9. The summed E-state index contributed by atoms with van der Waals surface area (Å²) < 4.78 is 10.5. The predicted octanol–water partition coefficient (Wildman–Crippen LogP) is 1.95. The van der Waals surface area contributed by atoms with Crippen molar-refractivity contribution in [3.05, 3.63) is 54.0 Å². The Bertz CT molecular complexity index is 743. The van der Waals surface area contributed by atoms with Crippen LogP contribution in [0.1, 0.15) is 33.6 Å². The molecule has 1 aromatic heterocycles. The van der Waals surface area contributed by atoms with Crippen LogP contribution in [0.2, 0.25) is 0 Å². The van der Waals surface area contributed by atoms with E-state index in [0.29, 0.717) is 37.4 Å². The minimum absolute atomic E-state index is 0.00315. The Labute approximate surface area is 145 Å². The molecule has 0 saturated carbocycles. The van der Waals surface area contributed by atoms with Crippen molar-refractivity contribution in [1.82, 2.24) is 14.9 Å². The minimum atomic E-state index is -0.509. The number of esters is 1. The standard InChI is InChI=1S/C18H19N3O4/c1-24-18(23)15-5-3-2-4-14(15)17(22)21-10-6-13(7-11-21)25-16-12-19-8-9-20-16/h2-5,8-9,12-13H,6-7,10-11H2,1H3. The van der Waals surface area contributed by atoms with Crippen molar-refractivity contribution in [3.63, 3.8) is 0 Å². The highest BCUT2D eigenvalue weighted by Gasteiger charge is 2.27. The molecule has 1 aliphatic rings. The molecule has 1 aliphatic heterocycles. The van der Waals surface area contributed by atoms with Crippen molar-refractivity contribution in [2.24, 2.45) is 0 Å². The number of hydrogen-bond donors (Lipinski definition) is 0. The molecule has 1 aromatic carbocycles. The molecule has 3 rings (SSSR count). The molecule has 0 spiro atoms. The third-order valence-corrected chi connectivity index (χ3v) is 4.12. The second-order valence-corrected chi connectivity index (χ2v) is 5.69. The summed E-state index contributed by atoms with van der Waals surface area (Å²) in [5, 5.41) is 0. The zero-order valence-electron chi connectivity index (χ0n) is 13.9. The van der Waals surface area contributed by atoms with Crippen LogP contribution in [-0.4, -0.2) is 53.0 Å². The van der Waals surface area contributed by atoms with E-state index in [4.69, 9.17) is 9.47 Å². The third-order valence-electron chi connectivity index (χ3n) is 4.12. The highest BCUT2D eigenvalue weighted by Crippen LogP contribution is 2.20. The Balaban J connectivity index is 1.63. The van der Waals surface area contributed by atoms with Gasteiger partial charge in [0.1, 0.15) is 6.10 Å². The Morgan fingerprint density at radius 2 is 1.84 bits per heavy atom. The number of piperidine rings is 1. The van der Waals surface area contributed by atoms with Gasteiger partial charge in [-0.2, -0.15) is 0 Å². The number of likely N-dealkylation sites (tertiary alicyclic amines) is 1. The summed E-state index contributed by atoms with van der Waals surface area (Å²) in [7, 11) is 1.30. The number of ether oxygens (including phenoxy) is 2. The highest BCUT2D eigenvalue weighted by atomic mass is 16.5. The first kappa shape index (κ1) is 16.9. The number of carbonyl (C=O) groups excluding carboxylic acids is 2. The van der Waals surface area contributed by atoms with E-state index in [1.165, 1.54) is 7.11 Å². The first-order valence-corrected chi connectivity index (χ1v) is 8.08. The molecular formula is C18H19N3O4. The molecule has 1 fully saturated rings. The van der Waals surface area contributed by atoms with E-state index in [-0.39, 0.29) is 17.6 Å². The normalized spacial score (nSPS) is 14.8. The number of carbonyl (C=O) groups is 2. The summed E-state index contributed by atoms with van der Waals surface area (Å²) in [5.74, 6) is -0.188. The van der Waals surface area contributed by atoms with Crippen molar-refractivity contribution in [1.29, 1.82) is 0 Å². The molecule has 25 heavy (non-hydrogen) atoms. The number of rotatable bonds is 4. The Kier molecular flexibility index (Phi) is 5.23. The summed E-state index contributed by atoms with van der Waals surface area (Å²) in [6.45, 7) is 1.11. The topological polar surface area (TPSA) is 81.6 Å². The maximum Gasteiger partial charge on any atom is 0.338 e. The van der Waals surface area contributed by atoms with Gasteiger partial charge in [-0.1, -0.05) is 12.1 Å². The lowest BCUT2D eigenvalue weighted by atomic mass is 10.0. The summed E-state index contributed by atoms with van der Waals surface area (Å²) >= 11 is 0. The van der Waals surface area contributed by atoms with Gasteiger partial charge in [-0.3, -0.25) is 9.78 Å². The fourth-order valence-corrected chi connectivity index (χ4v) is 2.82. The molecule has 7 heteroatoms. The fraction of sp³-hybridized carbons (Fsp3) is 0.333. The van der Waals surface area contributed by atoms with Gasteiger partial charge in [0, 0.05) is 38.3 Å². The SMILES string of the molecule is COC(=O)c1ccccc1C(=O)N1CCC(Oc2cnccn2)CC1. The molecule has 0 bridgehead atoms. The summed E-state index contributed by atoms with van der Waals surface area (Å²) in [6.07, 6.45) is 6.14. The molecule has 0 N–H and O–H groups in total. The first-order valence-electron chi connectivity index (χ1n) is 8.08. The van der Waals surface area contributed by atoms with Crippen LogP contribution < -0.4 is 4.74 Å². The van der Waals surface area contributed by atoms with Crippen LogP contribution >= 0.6 is 0 Å². The first-order chi connectivity index (χ1) is 12.2. The maximum absolute atomic E-state index is 12.8. The smallest absolute Gasteiger partial charge is 0.338 e. The van der Waals surface area contributed by atoms with E-state index >= 15 is 0 Å². The van der Waals surface area contributed by atoms with Crippen LogP contribution in [0.4, 0.5) is 0 Å². The predicted molar refractivity (Wildman–Crippen MR) is 89.4 cm³/mol. The molecule has 0 radical (unpaired) electrons. The van der Waals surface area contributed by atoms with Gasteiger partial charge >= 0.3 is 5.97 Å². The van der Waals surface area contributed by atoms with E-state index in [9.17, 15) is 9.59 Å². The average molecular weight is 341 g/mol. The molecule has 130 valence electrons. The van der Waals surface area contributed by atoms with E-state index in [1.54, 1.807) is 47.8 Å². The second-order valence-electron chi connectivity index (χ2n) is 5.69.